The second-order valence-electron chi connectivity index (χ2n) is 5.12. The molecule has 0 aliphatic carbocycles. The van der Waals surface area contributed by atoms with Gasteiger partial charge in [-0.1, -0.05) is 19.1 Å². The van der Waals surface area contributed by atoms with Gasteiger partial charge in [-0.2, -0.15) is 0 Å². The van der Waals surface area contributed by atoms with Crippen LogP contribution < -0.4 is 14.9 Å². The first-order valence-electron chi connectivity index (χ1n) is 7.66. The van der Waals surface area contributed by atoms with E-state index >= 15 is 0 Å². The van der Waals surface area contributed by atoms with Gasteiger partial charge in [0.25, 0.3) is 0 Å². The third-order valence-corrected chi connectivity index (χ3v) is 3.58. The summed E-state index contributed by atoms with van der Waals surface area (Å²) >= 11 is 0. The van der Waals surface area contributed by atoms with Crippen molar-refractivity contribution < 1.29 is 13.9 Å². The fraction of sp³-hybridized carbons (Fsp3) is 0.211. The van der Waals surface area contributed by atoms with Crippen LogP contribution >= 0.6 is 0 Å². The Morgan fingerprint density at radius 1 is 1.00 bits per heavy atom. The molecule has 0 N–H and O–H groups in total. The lowest BCUT2D eigenvalue weighted by molar-refractivity contribution is 0.340. The number of ether oxygens (including phenoxy) is 2. The van der Waals surface area contributed by atoms with E-state index in [1.165, 1.54) is 11.8 Å². The predicted octanol–water partition coefficient (Wildman–Crippen LogP) is 4.55. The standard InChI is InChI=1S/C19H18O4/c1-3-13-5-7-14(8-6-13)23-18-12-22-17-11-15(21-4-2)9-10-16(17)19(18)20/h5-12H,3-4H2,1-2H3. The highest BCUT2D eigenvalue weighted by Crippen LogP contribution is 2.24. The minimum atomic E-state index is -0.200. The Labute approximate surface area is 134 Å². The number of fused-ring (bicyclic) bond motifs is 1. The molecule has 0 spiro atoms. The quantitative estimate of drug-likeness (QED) is 0.694. The highest BCUT2D eigenvalue weighted by molar-refractivity contribution is 5.79. The molecule has 0 radical (unpaired) electrons. The summed E-state index contributed by atoms with van der Waals surface area (Å²) in [6, 6.07) is 12.8. The summed E-state index contributed by atoms with van der Waals surface area (Å²) in [6.07, 6.45) is 2.30. The van der Waals surface area contributed by atoms with Crippen molar-refractivity contribution >= 4 is 11.0 Å². The van der Waals surface area contributed by atoms with Gasteiger partial charge in [0.05, 0.1) is 12.0 Å². The van der Waals surface area contributed by atoms with Crippen molar-refractivity contribution in [3.63, 3.8) is 0 Å². The predicted molar refractivity (Wildman–Crippen MR) is 89.5 cm³/mol. The normalized spacial score (nSPS) is 10.7. The van der Waals surface area contributed by atoms with Gasteiger partial charge in [-0.25, -0.2) is 0 Å². The number of hydrogen-bond acceptors (Lipinski definition) is 4. The lowest BCUT2D eigenvalue weighted by Gasteiger charge is -2.07. The van der Waals surface area contributed by atoms with E-state index in [1.807, 2.05) is 31.2 Å². The first-order chi connectivity index (χ1) is 11.2. The van der Waals surface area contributed by atoms with E-state index in [-0.39, 0.29) is 11.2 Å². The molecule has 23 heavy (non-hydrogen) atoms. The van der Waals surface area contributed by atoms with Crippen LogP contribution in [0.25, 0.3) is 11.0 Å². The third kappa shape index (κ3) is 3.21. The molecule has 0 aliphatic heterocycles. The van der Waals surface area contributed by atoms with E-state index < -0.39 is 0 Å². The van der Waals surface area contributed by atoms with E-state index in [0.717, 1.165) is 6.42 Å². The maximum Gasteiger partial charge on any atom is 0.235 e. The Bertz CT molecular complexity index is 863. The molecule has 3 aromatic rings. The zero-order chi connectivity index (χ0) is 16.2. The number of benzene rings is 2. The summed E-state index contributed by atoms with van der Waals surface area (Å²) in [6.45, 7) is 4.55. The Hall–Kier alpha value is -2.75. The van der Waals surface area contributed by atoms with Gasteiger partial charge in [-0.05, 0) is 43.2 Å². The first kappa shape index (κ1) is 15.2. The smallest absolute Gasteiger partial charge is 0.235 e. The SMILES string of the molecule is CCOc1ccc2c(=O)c(Oc3ccc(CC)cc3)coc2c1. The van der Waals surface area contributed by atoms with Crippen LogP contribution in [0.3, 0.4) is 0 Å². The van der Waals surface area contributed by atoms with Gasteiger partial charge in [0.15, 0.2) is 0 Å². The second-order valence-corrected chi connectivity index (χ2v) is 5.12. The maximum absolute atomic E-state index is 12.5. The molecule has 2 aromatic carbocycles. The molecular formula is C19H18O4. The summed E-state index contributed by atoms with van der Waals surface area (Å²) in [5.41, 5.74) is 1.50. The van der Waals surface area contributed by atoms with E-state index in [2.05, 4.69) is 6.92 Å². The average molecular weight is 310 g/mol. The van der Waals surface area contributed by atoms with Gasteiger partial charge in [-0.15, -0.1) is 0 Å². The van der Waals surface area contributed by atoms with Crippen LogP contribution in [0.2, 0.25) is 0 Å². The highest BCUT2D eigenvalue weighted by atomic mass is 16.5. The van der Waals surface area contributed by atoms with Crippen LogP contribution in [0.15, 0.2) is 57.9 Å². The Balaban J connectivity index is 1.93. The molecular weight excluding hydrogens is 292 g/mol. The Morgan fingerprint density at radius 3 is 2.43 bits per heavy atom. The van der Waals surface area contributed by atoms with Crippen LogP contribution in [0.1, 0.15) is 19.4 Å². The molecule has 0 atom stereocenters. The lowest BCUT2D eigenvalue weighted by Crippen LogP contribution is -2.05. The average Bonchev–Trinajstić information content (AvgIpc) is 2.58. The molecule has 0 saturated carbocycles. The van der Waals surface area contributed by atoms with Gasteiger partial charge < -0.3 is 13.9 Å². The summed E-state index contributed by atoms with van der Waals surface area (Å²) in [4.78, 5) is 12.5. The highest BCUT2D eigenvalue weighted by Gasteiger charge is 2.10. The molecule has 3 rings (SSSR count). The van der Waals surface area contributed by atoms with Gasteiger partial charge in [0.2, 0.25) is 11.2 Å². The maximum atomic E-state index is 12.5. The first-order valence-corrected chi connectivity index (χ1v) is 7.66. The number of hydrogen-bond donors (Lipinski definition) is 0. The van der Waals surface area contributed by atoms with Crippen molar-refractivity contribution in [2.45, 2.75) is 20.3 Å². The summed E-state index contributed by atoms with van der Waals surface area (Å²) in [5, 5.41) is 0.469. The molecule has 0 fully saturated rings. The van der Waals surface area contributed by atoms with E-state index in [0.29, 0.717) is 29.1 Å². The number of rotatable bonds is 5. The van der Waals surface area contributed by atoms with Gasteiger partial charge >= 0.3 is 0 Å². The fourth-order valence-corrected chi connectivity index (χ4v) is 2.34. The van der Waals surface area contributed by atoms with Gasteiger partial charge in [-0.3, -0.25) is 4.79 Å². The van der Waals surface area contributed by atoms with Crippen LogP contribution in [0.5, 0.6) is 17.2 Å². The van der Waals surface area contributed by atoms with Crippen molar-refractivity contribution in [2.75, 3.05) is 6.61 Å². The lowest BCUT2D eigenvalue weighted by atomic mass is 10.2. The van der Waals surface area contributed by atoms with Crippen molar-refractivity contribution in [1.82, 2.24) is 0 Å². The number of aryl methyl sites for hydroxylation is 1. The zero-order valence-corrected chi connectivity index (χ0v) is 13.2. The monoisotopic (exact) mass is 310 g/mol. The molecule has 118 valence electrons. The van der Waals surface area contributed by atoms with Gasteiger partial charge in [0.1, 0.15) is 23.3 Å². The van der Waals surface area contributed by atoms with E-state index in [9.17, 15) is 4.79 Å². The summed E-state index contributed by atoms with van der Waals surface area (Å²) < 4.78 is 16.6. The van der Waals surface area contributed by atoms with Crippen LogP contribution in [-0.2, 0) is 6.42 Å². The minimum Gasteiger partial charge on any atom is -0.494 e. The zero-order valence-electron chi connectivity index (χ0n) is 13.2. The largest absolute Gasteiger partial charge is 0.494 e. The second kappa shape index (κ2) is 6.57. The van der Waals surface area contributed by atoms with Crippen LogP contribution in [0.4, 0.5) is 0 Å². The third-order valence-electron chi connectivity index (χ3n) is 3.58. The Kier molecular flexibility index (Phi) is 4.33. The summed E-state index contributed by atoms with van der Waals surface area (Å²) in [5.74, 6) is 1.46. The molecule has 0 amide bonds. The minimum absolute atomic E-state index is 0.172. The van der Waals surface area contributed by atoms with Crippen molar-refractivity contribution in [2.24, 2.45) is 0 Å². The fourth-order valence-electron chi connectivity index (χ4n) is 2.34. The Morgan fingerprint density at radius 2 is 1.74 bits per heavy atom. The van der Waals surface area contributed by atoms with Crippen LogP contribution in [-0.4, -0.2) is 6.61 Å². The molecule has 0 aliphatic rings. The van der Waals surface area contributed by atoms with Crippen molar-refractivity contribution in [1.29, 1.82) is 0 Å². The molecule has 0 saturated heterocycles. The molecule has 1 heterocycles. The topological polar surface area (TPSA) is 48.7 Å². The molecule has 4 nitrogen and oxygen atoms in total. The van der Waals surface area contributed by atoms with E-state index in [4.69, 9.17) is 13.9 Å². The summed E-state index contributed by atoms with van der Waals surface area (Å²) in [7, 11) is 0. The van der Waals surface area contributed by atoms with Gasteiger partial charge in [0, 0.05) is 6.07 Å². The van der Waals surface area contributed by atoms with Crippen molar-refractivity contribution in [3.05, 3.63) is 64.5 Å². The molecule has 4 heteroatoms. The van der Waals surface area contributed by atoms with Crippen LogP contribution in [0, 0.1) is 0 Å². The molecule has 1 aromatic heterocycles. The molecule has 0 bridgehead atoms. The van der Waals surface area contributed by atoms with Crippen molar-refractivity contribution in [3.8, 4) is 17.2 Å². The molecule has 0 unspecified atom stereocenters. The van der Waals surface area contributed by atoms with E-state index in [1.54, 1.807) is 18.2 Å².